The van der Waals surface area contributed by atoms with Gasteiger partial charge in [0.15, 0.2) is 0 Å². The van der Waals surface area contributed by atoms with E-state index in [1.807, 2.05) is 26.8 Å². The van der Waals surface area contributed by atoms with E-state index in [2.05, 4.69) is 0 Å². The maximum atomic E-state index is 12.7. The summed E-state index contributed by atoms with van der Waals surface area (Å²) in [5, 5.41) is 0. The minimum atomic E-state index is -0.514. The van der Waals surface area contributed by atoms with Crippen molar-refractivity contribution in [2.45, 2.75) is 32.8 Å². The fourth-order valence-corrected chi connectivity index (χ4v) is 2.57. The molecule has 0 aromatic heterocycles. The van der Waals surface area contributed by atoms with E-state index in [0.29, 0.717) is 37.5 Å². The number of hydrogen-bond donors (Lipinski definition) is 0. The quantitative estimate of drug-likeness (QED) is 0.834. The Bertz CT molecular complexity index is 595. The Morgan fingerprint density at radius 2 is 1.71 bits per heavy atom. The highest BCUT2D eigenvalue weighted by Crippen LogP contribution is 2.16. The monoisotopic (exact) mass is 334 g/mol. The van der Waals surface area contributed by atoms with Gasteiger partial charge in [0.2, 0.25) is 0 Å². The second-order valence-electron chi connectivity index (χ2n) is 6.85. The highest BCUT2D eigenvalue weighted by Gasteiger charge is 2.26. The Labute approximate surface area is 143 Å². The van der Waals surface area contributed by atoms with Crippen LogP contribution in [-0.4, -0.2) is 60.7 Å². The molecular weight excluding hydrogens is 308 g/mol. The molecule has 1 saturated heterocycles. The summed E-state index contributed by atoms with van der Waals surface area (Å²) in [5.74, 6) is 0.617. The van der Waals surface area contributed by atoms with Crippen LogP contribution < -0.4 is 4.74 Å². The average Bonchev–Trinajstić information content (AvgIpc) is 2.78. The molecule has 0 radical (unpaired) electrons. The molecule has 0 N–H and O–H groups in total. The van der Waals surface area contributed by atoms with Crippen molar-refractivity contribution in [2.75, 3.05) is 33.3 Å². The van der Waals surface area contributed by atoms with E-state index in [1.54, 1.807) is 35.1 Å². The molecule has 1 aliphatic rings. The molecule has 132 valence electrons. The van der Waals surface area contributed by atoms with E-state index in [1.165, 1.54) is 0 Å². The highest BCUT2D eigenvalue weighted by molar-refractivity contribution is 5.94. The van der Waals surface area contributed by atoms with Gasteiger partial charge in [-0.1, -0.05) is 6.07 Å². The van der Waals surface area contributed by atoms with Gasteiger partial charge in [0.1, 0.15) is 11.4 Å². The molecule has 0 unspecified atom stereocenters. The maximum Gasteiger partial charge on any atom is 0.410 e. The van der Waals surface area contributed by atoms with Gasteiger partial charge in [-0.25, -0.2) is 4.79 Å². The molecule has 1 fully saturated rings. The third kappa shape index (κ3) is 4.88. The lowest BCUT2D eigenvalue weighted by Crippen LogP contribution is -2.40. The summed E-state index contributed by atoms with van der Waals surface area (Å²) in [4.78, 5) is 28.3. The van der Waals surface area contributed by atoms with Crippen molar-refractivity contribution in [3.05, 3.63) is 29.8 Å². The number of carbonyl (C=O) groups excluding carboxylic acids is 2. The van der Waals surface area contributed by atoms with Gasteiger partial charge in [0, 0.05) is 31.7 Å². The van der Waals surface area contributed by atoms with Crippen LogP contribution in [-0.2, 0) is 4.74 Å². The van der Waals surface area contributed by atoms with Crippen molar-refractivity contribution >= 4 is 12.0 Å². The topological polar surface area (TPSA) is 59.1 Å². The number of benzene rings is 1. The zero-order valence-corrected chi connectivity index (χ0v) is 14.9. The second kappa shape index (κ2) is 7.55. The van der Waals surface area contributed by atoms with Crippen molar-refractivity contribution in [1.29, 1.82) is 0 Å². The normalized spacial score (nSPS) is 15.7. The molecule has 0 atom stereocenters. The number of rotatable bonds is 2. The van der Waals surface area contributed by atoms with Crippen LogP contribution in [0.3, 0.4) is 0 Å². The predicted octanol–water partition coefficient (Wildman–Crippen LogP) is 2.78. The van der Waals surface area contributed by atoms with Crippen LogP contribution in [0.15, 0.2) is 24.3 Å². The lowest BCUT2D eigenvalue weighted by molar-refractivity contribution is 0.0255. The van der Waals surface area contributed by atoms with Crippen molar-refractivity contribution in [3.63, 3.8) is 0 Å². The van der Waals surface area contributed by atoms with Gasteiger partial charge in [-0.2, -0.15) is 0 Å². The Morgan fingerprint density at radius 1 is 1.04 bits per heavy atom. The van der Waals surface area contributed by atoms with Crippen LogP contribution in [0.5, 0.6) is 5.75 Å². The molecule has 2 rings (SSSR count). The first-order valence-electron chi connectivity index (χ1n) is 8.21. The number of carbonyl (C=O) groups is 2. The third-order valence-electron chi connectivity index (χ3n) is 3.75. The Kier molecular flexibility index (Phi) is 5.70. The Hall–Kier alpha value is -2.24. The van der Waals surface area contributed by atoms with Gasteiger partial charge in [-0.3, -0.25) is 4.79 Å². The largest absolute Gasteiger partial charge is 0.497 e. The first-order chi connectivity index (χ1) is 11.3. The standard InChI is InChI=1S/C18H26N2O4/c1-18(2,3)24-17(22)20-10-6-9-19(11-12-20)16(21)14-7-5-8-15(13-14)23-4/h5,7-8,13H,6,9-12H2,1-4H3. The van der Waals surface area contributed by atoms with Gasteiger partial charge in [0.05, 0.1) is 7.11 Å². The summed E-state index contributed by atoms with van der Waals surface area (Å²) in [6, 6.07) is 7.13. The third-order valence-corrected chi connectivity index (χ3v) is 3.75. The lowest BCUT2D eigenvalue weighted by Gasteiger charge is -2.26. The molecule has 24 heavy (non-hydrogen) atoms. The minimum Gasteiger partial charge on any atom is -0.497 e. The van der Waals surface area contributed by atoms with E-state index in [4.69, 9.17) is 9.47 Å². The van der Waals surface area contributed by atoms with E-state index in [9.17, 15) is 9.59 Å². The number of amides is 2. The van der Waals surface area contributed by atoms with Gasteiger partial charge >= 0.3 is 6.09 Å². The average molecular weight is 334 g/mol. The molecule has 1 heterocycles. The van der Waals surface area contributed by atoms with E-state index in [-0.39, 0.29) is 12.0 Å². The van der Waals surface area contributed by atoms with Crippen molar-refractivity contribution in [1.82, 2.24) is 9.80 Å². The number of ether oxygens (including phenoxy) is 2. The van der Waals surface area contributed by atoms with E-state index < -0.39 is 5.60 Å². The smallest absolute Gasteiger partial charge is 0.410 e. The van der Waals surface area contributed by atoms with E-state index >= 15 is 0 Å². The SMILES string of the molecule is COc1cccc(C(=O)N2CCCN(C(=O)OC(C)(C)C)CC2)c1. The van der Waals surface area contributed by atoms with Crippen molar-refractivity contribution in [3.8, 4) is 5.75 Å². The van der Waals surface area contributed by atoms with Crippen LogP contribution >= 0.6 is 0 Å². The second-order valence-corrected chi connectivity index (χ2v) is 6.85. The van der Waals surface area contributed by atoms with Crippen LogP contribution in [0, 0.1) is 0 Å². The molecular formula is C18H26N2O4. The molecule has 1 aromatic rings. The Balaban J connectivity index is 1.99. The summed E-state index contributed by atoms with van der Waals surface area (Å²) >= 11 is 0. The fraction of sp³-hybridized carbons (Fsp3) is 0.556. The molecule has 0 spiro atoms. The summed E-state index contributed by atoms with van der Waals surface area (Å²) in [5.41, 5.74) is 0.0829. The molecule has 6 heteroatoms. The molecule has 6 nitrogen and oxygen atoms in total. The maximum absolute atomic E-state index is 12.7. The van der Waals surface area contributed by atoms with Crippen LogP contribution in [0.1, 0.15) is 37.6 Å². The zero-order chi connectivity index (χ0) is 17.7. The number of nitrogens with zero attached hydrogens (tertiary/aromatic N) is 2. The Morgan fingerprint density at radius 3 is 2.38 bits per heavy atom. The summed E-state index contributed by atoms with van der Waals surface area (Å²) < 4.78 is 10.6. The molecule has 1 aliphatic heterocycles. The summed E-state index contributed by atoms with van der Waals surface area (Å²) in [6.45, 7) is 7.73. The van der Waals surface area contributed by atoms with Crippen LogP contribution in [0.2, 0.25) is 0 Å². The zero-order valence-electron chi connectivity index (χ0n) is 14.9. The molecule has 0 bridgehead atoms. The number of hydrogen-bond acceptors (Lipinski definition) is 4. The predicted molar refractivity (Wildman–Crippen MR) is 91.3 cm³/mol. The highest BCUT2D eigenvalue weighted by atomic mass is 16.6. The van der Waals surface area contributed by atoms with E-state index in [0.717, 1.165) is 6.42 Å². The molecule has 2 amide bonds. The molecule has 1 aromatic carbocycles. The molecule has 0 saturated carbocycles. The fourth-order valence-electron chi connectivity index (χ4n) is 2.57. The van der Waals surface area contributed by atoms with Gasteiger partial charge in [-0.05, 0) is 45.4 Å². The van der Waals surface area contributed by atoms with Crippen molar-refractivity contribution < 1.29 is 19.1 Å². The summed E-state index contributed by atoms with van der Waals surface area (Å²) in [6.07, 6.45) is 0.410. The first kappa shape index (κ1) is 18.1. The number of methoxy groups -OCH3 is 1. The van der Waals surface area contributed by atoms with Gasteiger partial charge < -0.3 is 19.3 Å². The molecule has 0 aliphatic carbocycles. The van der Waals surface area contributed by atoms with Crippen molar-refractivity contribution in [2.24, 2.45) is 0 Å². The van der Waals surface area contributed by atoms with Crippen LogP contribution in [0.25, 0.3) is 0 Å². The first-order valence-corrected chi connectivity index (χ1v) is 8.21. The van der Waals surface area contributed by atoms with Gasteiger partial charge in [0.25, 0.3) is 5.91 Å². The lowest BCUT2D eigenvalue weighted by atomic mass is 10.2. The minimum absolute atomic E-state index is 0.0417. The summed E-state index contributed by atoms with van der Waals surface area (Å²) in [7, 11) is 1.58. The van der Waals surface area contributed by atoms with Crippen LogP contribution in [0.4, 0.5) is 4.79 Å². The van der Waals surface area contributed by atoms with Gasteiger partial charge in [-0.15, -0.1) is 0 Å².